The van der Waals surface area contributed by atoms with Crippen molar-refractivity contribution in [2.75, 3.05) is 25.2 Å². The van der Waals surface area contributed by atoms with Gasteiger partial charge < -0.3 is 31.2 Å². The molecule has 0 saturated heterocycles. The number of rotatable bonds is 11. The SMILES string of the molecule is COC(COC(Cc1cccc(C#N)c1)(C(=O)O)C(=O)O)CC(F)n1cnc2c(N)nc(N)nc21. The number of carbonyl (C=O) groups is 2. The lowest BCUT2D eigenvalue weighted by atomic mass is 9.93. The molecule has 1 aromatic carbocycles. The van der Waals surface area contributed by atoms with Gasteiger partial charge in [-0.1, -0.05) is 12.1 Å². The van der Waals surface area contributed by atoms with Crippen LogP contribution in [0.25, 0.3) is 11.2 Å². The number of hydrogen-bond donors (Lipinski definition) is 4. The molecule has 6 N–H and O–H groups in total. The molecule has 3 rings (SSSR count). The third-order valence-electron chi connectivity index (χ3n) is 5.27. The quantitative estimate of drug-likeness (QED) is 0.278. The first-order chi connectivity index (χ1) is 16.6. The number of ether oxygens (including phenoxy) is 2. The summed E-state index contributed by atoms with van der Waals surface area (Å²) in [7, 11) is 1.24. The van der Waals surface area contributed by atoms with Crippen molar-refractivity contribution in [3.8, 4) is 6.07 Å². The predicted octanol–water partition coefficient (Wildman–Crippen LogP) is 0.903. The lowest BCUT2D eigenvalue weighted by molar-refractivity contribution is -0.188. The van der Waals surface area contributed by atoms with E-state index in [-0.39, 0.29) is 40.5 Å². The maximum Gasteiger partial charge on any atom is 0.348 e. The van der Waals surface area contributed by atoms with E-state index in [1.807, 2.05) is 6.07 Å². The van der Waals surface area contributed by atoms with Gasteiger partial charge in [-0.05, 0) is 17.7 Å². The Morgan fingerprint density at radius 1 is 1.29 bits per heavy atom. The molecule has 2 heterocycles. The van der Waals surface area contributed by atoms with Gasteiger partial charge in [0.2, 0.25) is 5.95 Å². The van der Waals surface area contributed by atoms with Crippen molar-refractivity contribution in [2.24, 2.45) is 0 Å². The highest BCUT2D eigenvalue weighted by Crippen LogP contribution is 2.26. The Labute approximate surface area is 197 Å². The Morgan fingerprint density at radius 3 is 2.63 bits per heavy atom. The number of benzene rings is 1. The summed E-state index contributed by atoms with van der Waals surface area (Å²) < 4.78 is 26.8. The Bertz CT molecular complexity index is 1280. The van der Waals surface area contributed by atoms with Crippen molar-refractivity contribution in [2.45, 2.75) is 30.8 Å². The first-order valence-corrected chi connectivity index (χ1v) is 10.1. The van der Waals surface area contributed by atoms with Gasteiger partial charge in [0, 0.05) is 20.0 Å². The van der Waals surface area contributed by atoms with Crippen LogP contribution in [-0.2, 0) is 25.5 Å². The molecule has 0 saturated carbocycles. The Morgan fingerprint density at radius 2 is 2.00 bits per heavy atom. The molecule has 0 fully saturated rings. The largest absolute Gasteiger partial charge is 0.479 e. The number of hydrogen-bond acceptors (Lipinski definition) is 10. The lowest BCUT2D eigenvalue weighted by Crippen LogP contribution is -2.52. The number of imidazole rings is 1. The average Bonchev–Trinajstić information content (AvgIpc) is 3.24. The fourth-order valence-corrected chi connectivity index (χ4v) is 3.41. The van der Waals surface area contributed by atoms with E-state index in [0.717, 1.165) is 10.9 Å². The average molecular weight is 487 g/mol. The van der Waals surface area contributed by atoms with Crippen molar-refractivity contribution in [1.29, 1.82) is 5.26 Å². The van der Waals surface area contributed by atoms with Crippen LogP contribution < -0.4 is 11.5 Å². The van der Waals surface area contributed by atoms with Crippen molar-refractivity contribution in [1.82, 2.24) is 19.5 Å². The van der Waals surface area contributed by atoms with E-state index < -0.39 is 43.0 Å². The predicted molar refractivity (Wildman–Crippen MR) is 119 cm³/mol. The van der Waals surface area contributed by atoms with Gasteiger partial charge in [-0.15, -0.1) is 0 Å². The number of nitrogen functional groups attached to an aromatic ring is 2. The van der Waals surface area contributed by atoms with Crippen molar-refractivity contribution < 1.29 is 33.7 Å². The van der Waals surface area contributed by atoms with Gasteiger partial charge in [-0.2, -0.15) is 15.2 Å². The summed E-state index contributed by atoms with van der Waals surface area (Å²) in [5.74, 6) is -3.73. The number of nitrogens with two attached hydrogens (primary N) is 2. The highest BCUT2D eigenvalue weighted by atomic mass is 19.1. The number of nitriles is 1. The molecular weight excluding hydrogens is 465 g/mol. The number of carboxylic acid groups (broad SMARTS) is 2. The summed E-state index contributed by atoms with van der Waals surface area (Å²) in [6.07, 6.45) is -2.63. The van der Waals surface area contributed by atoms with Gasteiger partial charge in [0.15, 0.2) is 17.8 Å². The second kappa shape index (κ2) is 10.3. The number of methoxy groups -OCH3 is 1. The molecule has 13 nitrogen and oxygen atoms in total. The van der Waals surface area contributed by atoms with Crippen LogP contribution in [0.2, 0.25) is 0 Å². The molecule has 0 radical (unpaired) electrons. The smallest absolute Gasteiger partial charge is 0.348 e. The van der Waals surface area contributed by atoms with Gasteiger partial charge in [-0.25, -0.2) is 19.0 Å². The van der Waals surface area contributed by atoms with Crippen LogP contribution in [0, 0.1) is 11.3 Å². The molecular formula is C21H22FN7O6. The molecule has 0 aliphatic heterocycles. The minimum Gasteiger partial charge on any atom is -0.479 e. The van der Waals surface area contributed by atoms with Crippen molar-refractivity contribution in [3.63, 3.8) is 0 Å². The van der Waals surface area contributed by atoms with E-state index in [9.17, 15) is 19.8 Å². The van der Waals surface area contributed by atoms with E-state index in [1.54, 1.807) is 0 Å². The molecule has 0 bridgehead atoms. The van der Waals surface area contributed by atoms with Gasteiger partial charge in [-0.3, -0.25) is 4.57 Å². The molecule has 2 atom stereocenters. The van der Waals surface area contributed by atoms with Crippen LogP contribution in [0.15, 0.2) is 30.6 Å². The molecule has 3 aromatic rings. The van der Waals surface area contributed by atoms with Crippen LogP contribution in [0.4, 0.5) is 16.2 Å². The first kappa shape index (κ1) is 25.3. The van der Waals surface area contributed by atoms with Crippen molar-refractivity contribution in [3.05, 3.63) is 41.7 Å². The third-order valence-corrected chi connectivity index (χ3v) is 5.27. The Hall–Kier alpha value is -4.35. The maximum absolute atomic E-state index is 15.1. The molecule has 0 aliphatic rings. The molecule has 2 unspecified atom stereocenters. The Kier molecular flexibility index (Phi) is 7.43. The minimum absolute atomic E-state index is 0.0294. The molecule has 14 heteroatoms. The molecule has 35 heavy (non-hydrogen) atoms. The number of carboxylic acids is 2. The fourth-order valence-electron chi connectivity index (χ4n) is 3.41. The van der Waals surface area contributed by atoms with E-state index in [2.05, 4.69) is 15.0 Å². The zero-order valence-electron chi connectivity index (χ0n) is 18.5. The van der Waals surface area contributed by atoms with Crippen LogP contribution >= 0.6 is 0 Å². The van der Waals surface area contributed by atoms with Gasteiger partial charge >= 0.3 is 11.9 Å². The number of aliphatic carboxylic acids is 2. The van der Waals surface area contributed by atoms with E-state index in [1.165, 1.54) is 31.4 Å². The van der Waals surface area contributed by atoms with Crippen LogP contribution in [-0.4, -0.2) is 67.1 Å². The summed E-state index contributed by atoms with van der Waals surface area (Å²) >= 11 is 0. The monoisotopic (exact) mass is 487 g/mol. The first-order valence-electron chi connectivity index (χ1n) is 10.1. The van der Waals surface area contributed by atoms with E-state index in [0.29, 0.717) is 0 Å². The highest BCUT2D eigenvalue weighted by molar-refractivity contribution is 6.02. The van der Waals surface area contributed by atoms with Gasteiger partial charge in [0.25, 0.3) is 5.60 Å². The van der Waals surface area contributed by atoms with Gasteiger partial charge in [0.05, 0.1) is 30.7 Å². The summed E-state index contributed by atoms with van der Waals surface area (Å²) in [6, 6.07) is 7.71. The molecule has 0 spiro atoms. The van der Waals surface area contributed by atoms with Gasteiger partial charge in [0.1, 0.15) is 5.52 Å². The summed E-state index contributed by atoms with van der Waals surface area (Å²) in [5.41, 5.74) is 9.26. The second-order valence-electron chi connectivity index (χ2n) is 7.56. The van der Waals surface area contributed by atoms with Crippen LogP contribution in [0.3, 0.4) is 0 Å². The zero-order chi connectivity index (χ0) is 25.8. The number of fused-ring (bicyclic) bond motifs is 1. The lowest BCUT2D eigenvalue weighted by Gasteiger charge is -2.28. The summed E-state index contributed by atoms with van der Waals surface area (Å²) in [4.78, 5) is 35.7. The second-order valence-corrected chi connectivity index (χ2v) is 7.56. The molecule has 2 aromatic heterocycles. The summed E-state index contributed by atoms with van der Waals surface area (Å²) in [6.45, 7) is -0.570. The van der Waals surface area contributed by atoms with E-state index >= 15 is 4.39 Å². The third kappa shape index (κ3) is 5.26. The summed E-state index contributed by atoms with van der Waals surface area (Å²) in [5, 5.41) is 28.5. The number of aromatic nitrogens is 4. The standard InChI is InChI=1S/C21H22FN7O6/c1-34-13(6-14(22)29-10-26-15-16(24)27-20(25)28-17(15)29)9-35-21(18(30)31,19(32)33)7-11-3-2-4-12(5-11)8-23/h2-5,10,13-14H,6-7,9H2,1H3,(H,30,31)(H,32,33)(H4,24,25,27,28). The van der Waals surface area contributed by atoms with Crippen molar-refractivity contribution >= 4 is 34.9 Å². The van der Waals surface area contributed by atoms with E-state index in [4.69, 9.17) is 26.2 Å². The highest BCUT2D eigenvalue weighted by Gasteiger charge is 2.49. The molecule has 0 amide bonds. The Balaban J connectivity index is 1.80. The number of halogens is 1. The van der Waals surface area contributed by atoms with Crippen LogP contribution in [0.5, 0.6) is 0 Å². The maximum atomic E-state index is 15.1. The number of nitrogens with zero attached hydrogens (tertiary/aromatic N) is 5. The fraction of sp³-hybridized carbons (Fsp3) is 0.333. The zero-order valence-corrected chi connectivity index (χ0v) is 18.5. The minimum atomic E-state index is -2.70. The molecule has 184 valence electrons. The number of alkyl halides is 1. The topological polar surface area (TPSA) is 212 Å². The van der Waals surface area contributed by atoms with Crippen LogP contribution in [0.1, 0.15) is 23.8 Å². The number of anilines is 2. The molecule has 0 aliphatic carbocycles. The normalized spacial score (nSPS) is 13.3.